The van der Waals surface area contributed by atoms with Gasteiger partial charge in [0, 0.05) is 25.7 Å². The van der Waals surface area contributed by atoms with Gasteiger partial charge >= 0.3 is 0 Å². The Bertz CT molecular complexity index is 172. The summed E-state index contributed by atoms with van der Waals surface area (Å²) < 4.78 is 1.78. The summed E-state index contributed by atoms with van der Waals surface area (Å²) >= 11 is 0. The zero-order valence-electron chi connectivity index (χ0n) is 6.27. The van der Waals surface area contributed by atoms with E-state index in [0.29, 0.717) is 6.04 Å². The lowest BCUT2D eigenvalue weighted by atomic mass is 10.0. The number of nitrogens with zero attached hydrogens (tertiary/aromatic N) is 1. The van der Waals surface area contributed by atoms with Gasteiger partial charge in [-0.15, -0.1) is 0 Å². The average Bonchev–Trinajstić information content (AvgIpc) is 2.06. The third-order valence-corrected chi connectivity index (χ3v) is 2.72. The van der Waals surface area contributed by atoms with E-state index in [2.05, 4.69) is 0 Å². The highest BCUT2D eigenvalue weighted by atomic mass is 15.3. The molecule has 2 aliphatic heterocycles. The van der Waals surface area contributed by atoms with Crippen LogP contribution >= 0.6 is 0 Å². The third-order valence-electron chi connectivity index (χ3n) is 2.72. The Morgan fingerprint density at radius 3 is 3.00 bits per heavy atom. The predicted molar refractivity (Wildman–Crippen MR) is 41.1 cm³/mol. The van der Waals surface area contributed by atoms with Gasteiger partial charge in [-0.2, -0.15) is 0 Å². The van der Waals surface area contributed by atoms with E-state index in [-0.39, 0.29) is 0 Å². The second kappa shape index (κ2) is 2.26. The van der Waals surface area contributed by atoms with Crippen LogP contribution in [0.2, 0.25) is 0 Å². The Morgan fingerprint density at radius 1 is 1.20 bits per heavy atom. The Labute approximate surface area is 61.7 Å². The molecule has 0 radical (unpaired) electrons. The minimum Gasteiger partial charge on any atom is -0.454 e. The summed E-state index contributed by atoms with van der Waals surface area (Å²) in [4.78, 5) is 0. The number of rotatable bonds is 0. The molecule has 1 N–H and O–H groups in total. The maximum atomic E-state index is 7.68. The molecule has 0 aromatic heterocycles. The normalized spacial score (nSPS) is 32.6. The Hall–Kier alpha value is -0.530. The molecule has 0 saturated carbocycles. The van der Waals surface area contributed by atoms with Crippen LogP contribution in [0.1, 0.15) is 38.5 Å². The van der Waals surface area contributed by atoms with Crippen LogP contribution in [0.25, 0.3) is 5.84 Å². The quantitative estimate of drug-likeness (QED) is 0.458. The molecule has 56 valence electrons. The summed E-state index contributed by atoms with van der Waals surface area (Å²) in [5, 5.41) is 0. The van der Waals surface area contributed by atoms with Gasteiger partial charge in [0.1, 0.15) is 11.8 Å². The lowest BCUT2D eigenvalue weighted by Gasteiger charge is -2.08. The maximum Gasteiger partial charge on any atom is 0.148 e. The Kier molecular flexibility index (Phi) is 1.40. The summed E-state index contributed by atoms with van der Waals surface area (Å²) in [6, 6.07) is 0.581. The highest BCUT2D eigenvalue weighted by Gasteiger charge is 2.29. The predicted octanol–water partition coefficient (Wildman–Crippen LogP) is 2.14. The molecule has 1 unspecified atom stereocenters. The molecule has 10 heavy (non-hydrogen) atoms. The summed E-state index contributed by atoms with van der Waals surface area (Å²) in [5.74, 6) is 7.68. The van der Waals surface area contributed by atoms with Crippen molar-refractivity contribution in [3.8, 4) is 0 Å². The van der Waals surface area contributed by atoms with Crippen molar-refractivity contribution >= 4 is 5.71 Å². The van der Waals surface area contributed by atoms with Crippen molar-refractivity contribution in [1.29, 1.82) is 0 Å². The van der Waals surface area contributed by atoms with E-state index in [1.165, 1.54) is 44.2 Å². The molecule has 2 rings (SSSR count). The van der Waals surface area contributed by atoms with Gasteiger partial charge in [0.05, 0.1) is 0 Å². The van der Waals surface area contributed by atoms with Gasteiger partial charge in [-0.1, -0.05) is 0 Å². The van der Waals surface area contributed by atoms with Crippen LogP contribution in [-0.2, 0) is 0 Å². The molecule has 2 nitrogen and oxygen atoms in total. The summed E-state index contributed by atoms with van der Waals surface area (Å²) in [7, 11) is 0. The fourth-order valence-electron chi connectivity index (χ4n) is 2.07. The van der Waals surface area contributed by atoms with E-state index >= 15 is 0 Å². The van der Waals surface area contributed by atoms with Crippen LogP contribution in [0.4, 0.5) is 0 Å². The van der Waals surface area contributed by atoms with Gasteiger partial charge in [-0.05, 0) is 12.8 Å². The molecule has 0 aliphatic carbocycles. The van der Waals surface area contributed by atoms with Crippen LogP contribution in [0.3, 0.4) is 0 Å². The lowest BCUT2D eigenvalue weighted by molar-refractivity contribution is -0.493. The highest BCUT2D eigenvalue weighted by molar-refractivity contribution is 5.81. The molecular weight excluding hydrogens is 124 g/mol. The van der Waals surface area contributed by atoms with Crippen molar-refractivity contribution in [3.05, 3.63) is 5.84 Å². The fraction of sp³-hybridized carbons (Fsp3) is 0.875. The van der Waals surface area contributed by atoms with Crippen LogP contribution in [-0.4, -0.2) is 16.4 Å². The summed E-state index contributed by atoms with van der Waals surface area (Å²) in [6.45, 7) is 0. The molecule has 0 fully saturated rings. The van der Waals surface area contributed by atoms with Crippen LogP contribution in [0.5, 0.6) is 0 Å². The lowest BCUT2D eigenvalue weighted by Crippen LogP contribution is -2.14. The fourth-order valence-corrected chi connectivity index (χ4v) is 2.07. The molecule has 2 bridgehead atoms. The van der Waals surface area contributed by atoms with Crippen molar-refractivity contribution in [2.75, 3.05) is 0 Å². The first-order valence-corrected chi connectivity index (χ1v) is 4.23. The molecule has 2 heteroatoms. The number of hydrogen-bond donors (Lipinski definition) is 0. The minimum atomic E-state index is 0.581. The average molecular weight is 138 g/mol. The van der Waals surface area contributed by atoms with E-state index < -0.39 is 0 Å². The monoisotopic (exact) mass is 138 g/mol. The second-order valence-corrected chi connectivity index (χ2v) is 3.37. The van der Waals surface area contributed by atoms with E-state index in [1.54, 1.807) is 4.68 Å². The molecule has 0 amide bonds. The molecule has 2 heterocycles. The van der Waals surface area contributed by atoms with Crippen molar-refractivity contribution in [2.45, 2.75) is 44.6 Å². The standard InChI is InChI=1S/C8H14N2/c9-10-7-3-1-2-4-8(10)6-5-7/h7,9H,1-6H2. The van der Waals surface area contributed by atoms with Crippen molar-refractivity contribution in [1.82, 2.24) is 0 Å². The highest BCUT2D eigenvalue weighted by Crippen LogP contribution is 2.25. The Balaban J connectivity index is 2.21. The zero-order valence-corrected chi connectivity index (χ0v) is 6.27. The topological polar surface area (TPSA) is 26.8 Å². The van der Waals surface area contributed by atoms with Crippen molar-refractivity contribution in [3.63, 3.8) is 0 Å². The first kappa shape index (κ1) is 6.20. The third kappa shape index (κ3) is 0.825. The summed E-state index contributed by atoms with van der Waals surface area (Å²) in [5.41, 5.74) is 1.39. The molecular formula is C8H14N2. The second-order valence-electron chi connectivity index (χ2n) is 3.37. The van der Waals surface area contributed by atoms with E-state index in [0.717, 1.165) is 0 Å². The molecule has 2 aliphatic rings. The van der Waals surface area contributed by atoms with E-state index in [9.17, 15) is 0 Å². The smallest absolute Gasteiger partial charge is 0.148 e. The number of fused-ring (bicyclic) bond motifs is 1. The number of nitrogens with one attached hydrogen (secondary N) is 1. The molecule has 0 aromatic carbocycles. The first-order valence-electron chi connectivity index (χ1n) is 4.23. The first-order chi connectivity index (χ1) is 4.88. The maximum absolute atomic E-state index is 7.68. The minimum absolute atomic E-state index is 0.581. The summed E-state index contributed by atoms with van der Waals surface area (Å²) in [6.07, 6.45) is 7.56. The van der Waals surface area contributed by atoms with Gasteiger partial charge in [-0.3, -0.25) is 4.68 Å². The van der Waals surface area contributed by atoms with E-state index in [4.69, 9.17) is 5.84 Å². The number of hydrogen-bond acceptors (Lipinski definition) is 0. The van der Waals surface area contributed by atoms with Gasteiger partial charge in [0.2, 0.25) is 0 Å². The SMILES string of the molecule is [NH-][N+]1=C2CCCCC1CC2. The van der Waals surface area contributed by atoms with Crippen molar-refractivity contribution < 1.29 is 4.68 Å². The van der Waals surface area contributed by atoms with E-state index in [1.807, 2.05) is 0 Å². The van der Waals surface area contributed by atoms with Gasteiger partial charge < -0.3 is 5.84 Å². The van der Waals surface area contributed by atoms with Gasteiger partial charge in [-0.25, -0.2) is 0 Å². The largest absolute Gasteiger partial charge is 0.454 e. The molecule has 0 aromatic rings. The molecule has 0 saturated heterocycles. The van der Waals surface area contributed by atoms with Crippen LogP contribution in [0, 0.1) is 0 Å². The van der Waals surface area contributed by atoms with Gasteiger partial charge in [0.25, 0.3) is 0 Å². The van der Waals surface area contributed by atoms with Gasteiger partial charge in [0.15, 0.2) is 0 Å². The molecule has 0 spiro atoms. The van der Waals surface area contributed by atoms with Crippen LogP contribution < -0.4 is 0 Å². The zero-order chi connectivity index (χ0) is 6.97. The van der Waals surface area contributed by atoms with Crippen molar-refractivity contribution in [2.24, 2.45) is 0 Å². The van der Waals surface area contributed by atoms with Crippen LogP contribution in [0.15, 0.2) is 0 Å². The Morgan fingerprint density at radius 2 is 2.10 bits per heavy atom. The molecule has 1 atom stereocenters.